The van der Waals surface area contributed by atoms with Crippen LogP contribution in [0.3, 0.4) is 0 Å². The number of nitrogens with zero attached hydrogens (tertiary/aromatic N) is 1. The van der Waals surface area contributed by atoms with E-state index < -0.39 is 0 Å². The Hall–Kier alpha value is -1.46. The maximum atomic E-state index is 12.5. The summed E-state index contributed by atoms with van der Waals surface area (Å²) in [6.45, 7) is 2.36. The normalized spacial score (nSPS) is 17.5. The van der Waals surface area contributed by atoms with Gasteiger partial charge < -0.3 is 5.10 Å². The van der Waals surface area contributed by atoms with Crippen LogP contribution in [0.15, 0.2) is 34.1 Å². The molecular formula is C15H15ClN2O2S. The lowest BCUT2D eigenvalue weighted by Gasteiger charge is -2.20. The van der Waals surface area contributed by atoms with Crippen LogP contribution in [-0.2, 0) is 6.54 Å². The third-order valence-corrected chi connectivity index (χ3v) is 5.22. The number of aryl methyl sites for hydroxylation is 1. The fraction of sp³-hybridized carbons (Fsp3) is 0.333. The highest BCUT2D eigenvalue weighted by Crippen LogP contribution is 2.40. The lowest BCUT2D eigenvalue weighted by Crippen LogP contribution is -2.21. The first-order valence-corrected chi connectivity index (χ1v) is 8.27. The first kappa shape index (κ1) is 14.5. The molecule has 2 heterocycles. The van der Waals surface area contributed by atoms with E-state index in [1.54, 1.807) is 17.8 Å². The standard InChI is InChI=1S/C15H15ClN2O2S/c1-2-18-15(20)11(8-17-18)14(19)9-3-4-13-10(7-9)12(16)5-6-21-13/h3-4,7-8,12,17H,2,5-6H2,1H3. The van der Waals surface area contributed by atoms with Crippen LogP contribution in [0.2, 0.25) is 0 Å². The van der Waals surface area contributed by atoms with Gasteiger partial charge in [0.1, 0.15) is 5.56 Å². The lowest BCUT2D eigenvalue weighted by molar-refractivity contribution is 0.103. The van der Waals surface area contributed by atoms with Gasteiger partial charge in [0, 0.05) is 23.2 Å². The summed E-state index contributed by atoms with van der Waals surface area (Å²) < 4.78 is 1.41. The van der Waals surface area contributed by atoms with Crippen LogP contribution in [0.1, 0.15) is 40.2 Å². The number of aromatic amines is 1. The molecule has 1 aliphatic rings. The number of H-pyrrole nitrogens is 1. The molecule has 1 aromatic heterocycles. The third kappa shape index (κ3) is 2.56. The molecule has 2 aromatic rings. The number of hydrogen-bond acceptors (Lipinski definition) is 3. The van der Waals surface area contributed by atoms with E-state index in [2.05, 4.69) is 5.10 Å². The number of carbonyl (C=O) groups excluding carboxylic acids is 1. The van der Waals surface area contributed by atoms with Gasteiger partial charge in [0.25, 0.3) is 5.56 Å². The molecule has 6 heteroatoms. The number of halogens is 1. The van der Waals surface area contributed by atoms with Crippen molar-refractivity contribution in [3.8, 4) is 0 Å². The van der Waals surface area contributed by atoms with E-state index in [1.807, 2.05) is 19.1 Å². The Balaban J connectivity index is 2.00. The molecule has 110 valence electrons. The predicted molar refractivity (Wildman–Crippen MR) is 84.5 cm³/mol. The summed E-state index contributed by atoms with van der Waals surface area (Å²) in [5.74, 6) is 0.735. The molecule has 0 spiro atoms. The van der Waals surface area contributed by atoms with Gasteiger partial charge in [-0.05, 0) is 42.9 Å². The predicted octanol–water partition coefficient (Wildman–Crippen LogP) is 3.20. The third-order valence-electron chi connectivity index (χ3n) is 3.64. The molecule has 0 amide bonds. The maximum absolute atomic E-state index is 12.5. The number of nitrogens with one attached hydrogen (secondary N) is 1. The number of rotatable bonds is 3. The number of aromatic nitrogens is 2. The van der Waals surface area contributed by atoms with E-state index in [1.165, 1.54) is 10.9 Å². The van der Waals surface area contributed by atoms with Crippen LogP contribution >= 0.6 is 23.4 Å². The van der Waals surface area contributed by atoms with Gasteiger partial charge in [-0.2, -0.15) is 0 Å². The quantitative estimate of drug-likeness (QED) is 0.697. The van der Waals surface area contributed by atoms with Crippen molar-refractivity contribution in [1.82, 2.24) is 9.78 Å². The van der Waals surface area contributed by atoms with Crippen molar-refractivity contribution < 1.29 is 4.79 Å². The molecule has 1 unspecified atom stereocenters. The van der Waals surface area contributed by atoms with Gasteiger partial charge >= 0.3 is 0 Å². The van der Waals surface area contributed by atoms with Gasteiger partial charge in [-0.1, -0.05) is 0 Å². The Morgan fingerprint density at radius 1 is 1.52 bits per heavy atom. The highest BCUT2D eigenvalue weighted by atomic mass is 35.5. The van der Waals surface area contributed by atoms with E-state index in [0.717, 1.165) is 22.6 Å². The largest absolute Gasteiger partial charge is 0.302 e. The van der Waals surface area contributed by atoms with E-state index >= 15 is 0 Å². The Labute approximate surface area is 131 Å². The minimum absolute atomic E-state index is 0.0625. The van der Waals surface area contributed by atoms with Crippen molar-refractivity contribution in [2.24, 2.45) is 0 Å². The van der Waals surface area contributed by atoms with Gasteiger partial charge in [0.2, 0.25) is 0 Å². The number of hydrogen-bond donors (Lipinski definition) is 1. The lowest BCUT2D eigenvalue weighted by atomic mass is 10.0. The number of fused-ring (bicyclic) bond motifs is 1. The van der Waals surface area contributed by atoms with Crippen LogP contribution in [-0.4, -0.2) is 21.3 Å². The second kappa shape index (κ2) is 5.73. The van der Waals surface area contributed by atoms with Crippen molar-refractivity contribution in [1.29, 1.82) is 0 Å². The van der Waals surface area contributed by atoms with Crippen molar-refractivity contribution >= 4 is 29.1 Å². The molecule has 0 fully saturated rings. The second-order valence-electron chi connectivity index (χ2n) is 4.92. The smallest absolute Gasteiger partial charge is 0.277 e. The van der Waals surface area contributed by atoms with Crippen LogP contribution in [0, 0.1) is 0 Å². The molecule has 1 aromatic carbocycles. The Morgan fingerprint density at radius 2 is 2.33 bits per heavy atom. The van der Waals surface area contributed by atoms with Crippen LogP contribution in [0.5, 0.6) is 0 Å². The summed E-state index contributed by atoms with van der Waals surface area (Å²) in [5.41, 5.74) is 1.40. The highest BCUT2D eigenvalue weighted by molar-refractivity contribution is 7.99. The molecule has 21 heavy (non-hydrogen) atoms. The molecule has 4 nitrogen and oxygen atoms in total. The summed E-state index contributed by atoms with van der Waals surface area (Å²) in [6.07, 6.45) is 2.37. The molecular weight excluding hydrogens is 308 g/mol. The molecule has 1 aliphatic heterocycles. The van der Waals surface area contributed by atoms with Crippen LogP contribution < -0.4 is 5.56 Å². The SMILES string of the molecule is CCn1[nH]cc(C(=O)c2ccc3c(c2)C(Cl)CCS3)c1=O. The molecule has 0 radical (unpaired) electrons. The maximum Gasteiger partial charge on any atom is 0.277 e. The fourth-order valence-corrected chi connectivity index (χ4v) is 4.04. The van der Waals surface area contributed by atoms with Crippen LogP contribution in [0.25, 0.3) is 0 Å². The minimum atomic E-state index is -0.281. The summed E-state index contributed by atoms with van der Waals surface area (Å²) in [4.78, 5) is 25.7. The molecule has 0 aliphatic carbocycles. The zero-order valence-electron chi connectivity index (χ0n) is 11.6. The number of thioether (sulfide) groups is 1. The van der Waals surface area contributed by atoms with Crippen molar-refractivity contribution in [2.75, 3.05) is 5.75 Å². The van der Waals surface area contributed by atoms with E-state index in [4.69, 9.17) is 11.6 Å². The van der Waals surface area contributed by atoms with E-state index in [-0.39, 0.29) is 22.3 Å². The number of benzene rings is 1. The first-order valence-electron chi connectivity index (χ1n) is 6.85. The van der Waals surface area contributed by atoms with E-state index in [0.29, 0.717) is 12.1 Å². The summed E-state index contributed by atoms with van der Waals surface area (Å²) >= 11 is 8.08. The average molecular weight is 323 g/mol. The first-order chi connectivity index (χ1) is 10.1. The molecule has 0 saturated heterocycles. The number of ketones is 1. The Kier molecular flexibility index (Phi) is 3.95. The topological polar surface area (TPSA) is 54.9 Å². The number of alkyl halides is 1. The van der Waals surface area contributed by atoms with Gasteiger partial charge in [-0.3, -0.25) is 14.3 Å². The minimum Gasteiger partial charge on any atom is -0.302 e. The second-order valence-corrected chi connectivity index (χ2v) is 6.59. The van der Waals surface area contributed by atoms with Crippen molar-refractivity contribution in [3.63, 3.8) is 0 Å². The Bertz CT molecular complexity index is 750. The fourth-order valence-electron chi connectivity index (χ4n) is 2.46. The molecule has 0 bridgehead atoms. The van der Waals surface area contributed by atoms with E-state index in [9.17, 15) is 9.59 Å². The molecule has 1 N–H and O–H groups in total. The monoisotopic (exact) mass is 322 g/mol. The van der Waals surface area contributed by atoms with Crippen LogP contribution in [0.4, 0.5) is 0 Å². The van der Waals surface area contributed by atoms with Gasteiger partial charge in [-0.15, -0.1) is 23.4 Å². The summed E-state index contributed by atoms with van der Waals surface area (Å²) in [7, 11) is 0. The summed E-state index contributed by atoms with van der Waals surface area (Å²) in [6, 6.07) is 5.52. The number of carbonyl (C=O) groups is 1. The highest BCUT2D eigenvalue weighted by Gasteiger charge is 2.22. The zero-order chi connectivity index (χ0) is 15.0. The van der Waals surface area contributed by atoms with Gasteiger partial charge in [-0.25, -0.2) is 0 Å². The molecule has 1 atom stereocenters. The zero-order valence-corrected chi connectivity index (χ0v) is 13.1. The average Bonchev–Trinajstić information content (AvgIpc) is 2.87. The van der Waals surface area contributed by atoms with Gasteiger partial charge in [0.15, 0.2) is 5.78 Å². The Morgan fingerprint density at radius 3 is 3.05 bits per heavy atom. The van der Waals surface area contributed by atoms with Gasteiger partial charge in [0.05, 0.1) is 5.38 Å². The molecule has 3 rings (SSSR count). The van der Waals surface area contributed by atoms with Crippen molar-refractivity contribution in [3.05, 3.63) is 51.4 Å². The molecule has 0 saturated carbocycles. The van der Waals surface area contributed by atoms with Crippen molar-refractivity contribution in [2.45, 2.75) is 30.2 Å². The summed E-state index contributed by atoms with van der Waals surface area (Å²) in [5, 5.41) is 2.74.